The molecule has 0 amide bonds. The highest BCUT2D eigenvalue weighted by molar-refractivity contribution is 5.41. The zero-order chi connectivity index (χ0) is 21.1. The molecule has 156 valence electrons. The summed E-state index contributed by atoms with van der Waals surface area (Å²) in [6, 6.07) is 36.4. The molecule has 0 fully saturated rings. The van der Waals surface area contributed by atoms with Gasteiger partial charge in [0.1, 0.15) is 24.7 Å². The van der Waals surface area contributed by atoms with Crippen LogP contribution in [-0.4, -0.2) is 0 Å². The molecule has 4 aromatic rings. The van der Waals surface area contributed by atoms with E-state index in [9.17, 15) is 0 Å². The maximum absolute atomic E-state index is 5.91. The van der Waals surface area contributed by atoms with Gasteiger partial charge in [0, 0.05) is 12.2 Å². The van der Waals surface area contributed by atoms with Gasteiger partial charge in [-0.25, -0.2) is 5.43 Å². The largest absolute Gasteiger partial charge is 0.489 e. The van der Waals surface area contributed by atoms with Gasteiger partial charge < -0.3 is 14.9 Å². The Morgan fingerprint density at radius 1 is 0.484 bits per heavy atom. The standard InChI is InChI=1S/C27H26N2O2/c1-3-7-23(8-4-1)20-30-27-17-13-24(14-18-27)21-31-26-15-11-22(12-16-26)19-28-29-25-9-5-2-6-10-25/h1-18,28-29H,19-21H2. The lowest BCUT2D eigenvalue weighted by Crippen LogP contribution is -2.20. The molecular weight excluding hydrogens is 384 g/mol. The second kappa shape index (κ2) is 10.9. The van der Waals surface area contributed by atoms with Crippen LogP contribution in [0.1, 0.15) is 16.7 Å². The van der Waals surface area contributed by atoms with Crippen molar-refractivity contribution in [3.63, 3.8) is 0 Å². The fourth-order valence-electron chi connectivity index (χ4n) is 3.06. The zero-order valence-corrected chi connectivity index (χ0v) is 17.3. The molecule has 4 heteroatoms. The quantitative estimate of drug-likeness (QED) is 0.317. The Morgan fingerprint density at radius 3 is 1.55 bits per heavy atom. The minimum Gasteiger partial charge on any atom is -0.489 e. The number of rotatable bonds is 10. The Morgan fingerprint density at radius 2 is 0.968 bits per heavy atom. The fourth-order valence-corrected chi connectivity index (χ4v) is 3.06. The van der Waals surface area contributed by atoms with Gasteiger partial charge in [0.05, 0.1) is 0 Å². The highest BCUT2D eigenvalue weighted by Gasteiger charge is 2.00. The maximum Gasteiger partial charge on any atom is 0.119 e. The third kappa shape index (κ3) is 6.63. The van der Waals surface area contributed by atoms with Gasteiger partial charge in [-0.3, -0.25) is 0 Å². The van der Waals surface area contributed by atoms with Crippen LogP contribution in [0.4, 0.5) is 5.69 Å². The number of hydrogen-bond donors (Lipinski definition) is 2. The molecule has 0 atom stereocenters. The summed E-state index contributed by atoms with van der Waals surface area (Å²) in [6.45, 7) is 1.81. The molecule has 0 saturated heterocycles. The normalized spacial score (nSPS) is 10.5. The molecule has 0 saturated carbocycles. The average molecular weight is 411 g/mol. The van der Waals surface area contributed by atoms with Crippen molar-refractivity contribution in [2.24, 2.45) is 0 Å². The van der Waals surface area contributed by atoms with Crippen molar-refractivity contribution < 1.29 is 9.47 Å². The van der Waals surface area contributed by atoms with Crippen LogP contribution >= 0.6 is 0 Å². The Bertz CT molecular complexity index is 1030. The molecule has 0 radical (unpaired) electrons. The second-order valence-corrected chi connectivity index (χ2v) is 7.20. The van der Waals surface area contributed by atoms with E-state index in [4.69, 9.17) is 9.47 Å². The summed E-state index contributed by atoms with van der Waals surface area (Å²) in [4.78, 5) is 0. The molecule has 0 bridgehead atoms. The van der Waals surface area contributed by atoms with Gasteiger partial charge in [-0.2, -0.15) is 0 Å². The summed E-state index contributed by atoms with van der Waals surface area (Å²) in [5.41, 5.74) is 10.9. The van der Waals surface area contributed by atoms with Gasteiger partial charge in [0.25, 0.3) is 0 Å². The summed E-state index contributed by atoms with van der Waals surface area (Å²) in [5, 5.41) is 0. The molecule has 0 spiro atoms. The number of ether oxygens (including phenoxy) is 2. The monoisotopic (exact) mass is 410 g/mol. The smallest absolute Gasteiger partial charge is 0.119 e. The molecule has 0 aliphatic rings. The first-order valence-corrected chi connectivity index (χ1v) is 10.4. The molecule has 4 aromatic carbocycles. The van der Waals surface area contributed by atoms with E-state index in [0.717, 1.165) is 34.9 Å². The number of nitrogens with one attached hydrogen (secondary N) is 2. The van der Waals surface area contributed by atoms with Crippen LogP contribution in [-0.2, 0) is 19.8 Å². The Labute approximate surface area is 183 Å². The van der Waals surface area contributed by atoms with E-state index in [2.05, 4.69) is 35.1 Å². The summed E-state index contributed by atoms with van der Waals surface area (Å²) < 4.78 is 11.7. The first-order chi connectivity index (χ1) is 15.3. The van der Waals surface area contributed by atoms with E-state index < -0.39 is 0 Å². The minimum absolute atomic E-state index is 0.520. The highest BCUT2D eigenvalue weighted by atomic mass is 16.5. The van der Waals surface area contributed by atoms with E-state index in [1.54, 1.807) is 0 Å². The van der Waals surface area contributed by atoms with E-state index in [-0.39, 0.29) is 0 Å². The summed E-state index contributed by atoms with van der Waals surface area (Å²) in [7, 11) is 0. The molecule has 0 aliphatic carbocycles. The maximum atomic E-state index is 5.91. The molecule has 0 aromatic heterocycles. The van der Waals surface area contributed by atoms with Crippen LogP contribution in [0.25, 0.3) is 0 Å². The molecular formula is C27H26N2O2. The SMILES string of the molecule is c1ccc(COc2ccc(COc3ccc(CNNc4ccccc4)cc3)cc2)cc1. The van der Waals surface area contributed by atoms with Crippen LogP contribution in [0, 0.1) is 0 Å². The van der Waals surface area contributed by atoms with Gasteiger partial charge in [-0.05, 0) is 53.1 Å². The Kier molecular flexibility index (Phi) is 7.18. The molecule has 31 heavy (non-hydrogen) atoms. The van der Waals surface area contributed by atoms with Gasteiger partial charge in [-0.1, -0.05) is 72.8 Å². The first kappa shape index (κ1) is 20.5. The number of anilines is 1. The van der Waals surface area contributed by atoms with Crippen molar-refractivity contribution in [1.82, 2.24) is 5.43 Å². The Hall–Kier alpha value is -3.76. The number of benzene rings is 4. The molecule has 0 unspecified atom stereocenters. The lowest BCUT2D eigenvalue weighted by Gasteiger charge is -2.10. The minimum atomic E-state index is 0.520. The number of para-hydroxylation sites is 1. The van der Waals surface area contributed by atoms with Crippen molar-refractivity contribution in [3.05, 3.63) is 126 Å². The topological polar surface area (TPSA) is 42.5 Å². The van der Waals surface area contributed by atoms with Crippen molar-refractivity contribution >= 4 is 5.69 Å². The van der Waals surface area contributed by atoms with Crippen molar-refractivity contribution in [1.29, 1.82) is 0 Å². The predicted molar refractivity (Wildman–Crippen MR) is 125 cm³/mol. The third-order valence-corrected chi connectivity index (χ3v) is 4.80. The molecule has 0 aliphatic heterocycles. The number of hydrogen-bond acceptors (Lipinski definition) is 4. The van der Waals surface area contributed by atoms with Crippen LogP contribution in [0.5, 0.6) is 11.5 Å². The van der Waals surface area contributed by atoms with Crippen LogP contribution in [0.3, 0.4) is 0 Å². The average Bonchev–Trinajstić information content (AvgIpc) is 2.84. The van der Waals surface area contributed by atoms with E-state index in [1.807, 2.05) is 84.9 Å². The van der Waals surface area contributed by atoms with Crippen LogP contribution in [0.15, 0.2) is 109 Å². The van der Waals surface area contributed by atoms with Crippen molar-refractivity contribution in [2.45, 2.75) is 19.8 Å². The molecule has 0 heterocycles. The summed E-state index contributed by atoms with van der Waals surface area (Å²) >= 11 is 0. The van der Waals surface area contributed by atoms with E-state index >= 15 is 0 Å². The van der Waals surface area contributed by atoms with Gasteiger partial charge >= 0.3 is 0 Å². The number of hydrazine groups is 1. The summed E-state index contributed by atoms with van der Waals surface area (Å²) in [6.07, 6.45) is 0. The predicted octanol–water partition coefficient (Wildman–Crippen LogP) is 5.96. The molecule has 4 rings (SSSR count). The van der Waals surface area contributed by atoms with E-state index in [1.165, 1.54) is 5.56 Å². The highest BCUT2D eigenvalue weighted by Crippen LogP contribution is 2.17. The second-order valence-electron chi connectivity index (χ2n) is 7.20. The lowest BCUT2D eigenvalue weighted by molar-refractivity contribution is 0.300. The lowest BCUT2D eigenvalue weighted by atomic mass is 10.2. The summed E-state index contributed by atoms with van der Waals surface area (Å²) in [5.74, 6) is 1.71. The fraction of sp³-hybridized carbons (Fsp3) is 0.111. The third-order valence-electron chi connectivity index (χ3n) is 4.80. The van der Waals surface area contributed by atoms with Gasteiger partial charge in [0.15, 0.2) is 0 Å². The van der Waals surface area contributed by atoms with E-state index in [0.29, 0.717) is 13.2 Å². The van der Waals surface area contributed by atoms with Crippen molar-refractivity contribution in [2.75, 3.05) is 5.43 Å². The van der Waals surface area contributed by atoms with Crippen LogP contribution < -0.4 is 20.3 Å². The molecule has 4 nitrogen and oxygen atoms in total. The van der Waals surface area contributed by atoms with Gasteiger partial charge in [0.2, 0.25) is 0 Å². The van der Waals surface area contributed by atoms with Crippen molar-refractivity contribution in [3.8, 4) is 11.5 Å². The van der Waals surface area contributed by atoms with Gasteiger partial charge in [-0.15, -0.1) is 0 Å². The zero-order valence-electron chi connectivity index (χ0n) is 17.3. The first-order valence-electron chi connectivity index (χ1n) is 10.4. The Balaban J connectivity index is 1.20. The molecule has 2 N–H and O–H groups in total. The van der Waals surface area contributed by atoms with Crippen LogP contribution in [0.2, 0.25) is 0 Å².